The lowest BCUT2D eigenvalue weighted by atomic mass is 10.3. The summed E-state index contributed by atoms with van der Waals surface area (Å²) >= 11 is 5.95. The number of hydrogen-bond acceptors (Lipinski definition) is 2. The van der Waals surface area contributed by atoms with E-state index in [-0.39, 0.29) is 0 Å². The maximum Gasteiger partial charge on any atom is 0.144 e. The molecule has 23 heavy (non-hydrogen) atoms. The van der Waals surface area contributed by atoms with Crippen molar-refractivity contribution in [3.8, 4) is 11.4 Å². The zero-order chi connectivity index (χ0) is 16.1. The number of para-hydroxylation sites is 2. The van der Waals surface area contributed by atoms with Crippen LogP contribution in [-0.2, 0) is 0 Å². The summed E-state index contributed by atoms with van der Waals surface area (Å²) in [6.45, 7) is 2.58. The molecule has 0 amide bonds. The quantitative estimate of drug-likeness (QED) is 0.586. The second-order valence-electron chi connectivity index (χ2n) is 4.94. The Bertz CT molecular complexity index is 806. The molecule has 0 aliphatic rings. The molecule has 3 nitrogen and oxygen atoms in total. The van der Waals surface area contributed by atoms with Crippen LogP contribution in [0.25, 0.3) is 5.69 Å². The molecule has 2 aromatic carbocycles. The minimum atomic E-state index is 0.619. The third-order valence-corrected chi connectivity index (χ3v) is 3.64. The van der Waals surface area contributed by atoms with Crippen molar-refractivity contribution in [2.45, 2.75) is 6.92 Å². The van der Waals surface area contributed by atoms with Gasteiger partial charge >= 0.3 is 0 Å². The molecule has 0 unspecified atom stereocenters. The van der Waals surface area contributed by atoms with E-state index in [0.29, 0.717) is 6.61 Å². The van der Waals surface area contributed by atoms with E-state index in [9.17, 15) is 0 Å². The Kier molecular flexibility index (Phi) is 4.79. The van der Waals surface area contributed by atoms with Gasteiger partial charge in [0.2, 0.25) is 0 Å². The number of rotatable bonds is 5. The molecule has 3 rings (SSSR count). The van der Waals surface area contributed by atoms with Crippen molar-refractivity contribution in [3.05, 3.63) is 77.6 Å². The Hall–Kier alpha value is -2.52. The van der Waals surface area contributed by atoms with Gasteiger partial charge in [-0.1, -0.05) is 23.7 Å². The van der Waals surface area contributed by atoms with Crippen LogP contribution in [0.5, 0.6) is 5.75 Å². The van der Waals surface area contributed by atoms with Gasteiger partial charge in [-0.25, -0.2) is 0 Å². The van der Waals surface area contributed by atoms with Crippen LogP contribution >= 0.6 is 11.6 Å². The number of aromatic nitrogens is 1. The fraction of sp³-hybridized carbons (Fsp3) is 0.105. The third kappa shape index (κ3) is 3.63. The lowest BCUT2D eigenvalue weighted by Gasteiger charge is -2.07. The van der Waals surface area contributed by atoms with Crippen molar-refractivity contribution in [2.75, 3.05) is 6.61 Å². The summed E-state index contributed by atoms with van der Waals surface area (Å²) < 4.78 is 7.66. The average molecular weight is 325 g/mol. The van der Waals surface area contributed by atoms with E-state index in [4.69, 9.17) is 16.3 Å². The predicted octanol–water partition coefficient (Wildman–Crippen LogP) is 5.28. The highest BCUT2D eigenvalue weighted by atomic mass is 35.5. The van der Waals surface area contributed by atoms with Crippen LogP contribution in [-0.4, -0.2) is 17.4 Å². The molecule has 0 N–H and O–H groups in total. The lowest BCUT2D eigenvalue weighted by molar-refractivity contribution is 0.341. The number of halogens is 1. The summed E-state index contributed by atoms with van der Waals surface area (Å²) in [5, 5.41) is 0.724. The molecule has 3 aromatic rings. The first-order chi connectivity index (χ1) is 11.3. The van der Waals surface area contributed by atoms with E-state index in [1.54, 1.807) is 0 Å². The summed E-state index contributed by atoms with van der Waals surface area (Å²) in [4.78, 5) is 4.57. The maximum absolute atomic E-state index is 5.95. The topological polar surface area (TPSA) is 26.5 Å². The summed E-state index contributed by atoms with van der Waals surface area (Å²) in [6.07, 6.45) is 3.84. The van der Waals surface area contributed by atoms with Crippen LogP contribution in [0.2, 0.25) is 5.02 Å². The molecule has 0 aliphatic carbocycles. The van der Waals surface area contributed by atoms with E-state index in [1.807, 2.05) is 80.0 Å². The molecule has 0 spiro atoms. The SMILES string of the molecule is CCOc1ccccc1N=Cc1cccn1-c1ccc(Cl)cc1. The van der Waals surface area contributed by atoms with Crippen LogP contribution in [0.3, 0.4) is 0 Å². The van der Waals surface area contributed by atoms with Crippen molar-refractivity contribution in [1.29, 1.82) is 0 Å². The molecule has 0 radical (unpaired) electrons. The molecular weight excluding hydrogens is 308 g/mol. The molecule has 0 aliphatic heterocycles. The number of aliphatic imine (C=N–C) groups is 1. The first kappa shape index (κ1) is 15.4. The predicted molar refractivity (Wildman–Crippen MR) is 95.6 cm³/mol. The normalized spacial score (nSPS) is 11.0. The summed E-state index contributed by atoms with van der Waals surface area (Å²) in [7, 11) is 0. The molecule has 0 bridgehead atoms. The number of benzene rings is 2. The van der Waals surface area contributed by atoms with Crippen LogP contribution in [0, 0.1) is 0 Å². The van der Waals surface area contributed by atoms with E-state index < -0.39 is 0 Å². The largest absolute Gasteiger partial charge is 0.492 e. The molecule has 0 fully saturated rings. The number of hydrogen-bond donors (Lipinski definition) is 0. The fourth-order valence-electron chi connectivity index (χ4n) is 2.31. The van der Waals surface area contributed by atoms with Crippen LogP contribution < -0.4 is 4.74 Å². The Morgan fingerprint density at radius 1 is 1.04 bits per heavy atom. The van der Waals surface area contributed by atoms with Gasteiger partial charge < -0.3 is 9.30 Å². The highest BCUT2D eigenvalue weighted by Crippen LogP contribution is 2.26. The van der Waals surface area contributed by atoms with Gasteiger partial charge in [0.05, 0.1) is 18.5 Å². The highest BCUT2D eigenvalue weighted by molar-refractivity contribution is 6.30. The summed E-state index contributed by atoms with van der Waals surface area (Å²) in [5.41, 5.74) is 2.84. The number of ether oxygens (including phenoxy) is 1. The van der Waals surface area contributed by atoms with Crippen molar-refractivity contribution in [2.24, 2.45) is 4.99 Å². The first-order valence-corrected chi connectivity index (χ1v) is 7.85. The standard InChI is InChI=1S/C19H17ClN2O/c1-2-23-19-8-4-3-7-18(19)21-14-17-6-5-13-22(17)16-11-9-15(20)10-12-16/h3-14H,2H2,1H3. The molecule has 0 atom stereocenters. The van der Waals surface area contributed by atoms with Crippen molar-refractivity contribution >= 4 is 23.5 Å². The number of nitrogens with zero attached hydrogens (tertiary/aromatic N) is 2. The maximum atomic E-state index is 5.95. The van der Waals surface area contributed by atoms with Gasteiger partial charge in [-0.15, -0.1) is 0 Å². The molecule has 4 heteroatoms. The molecular formula is C19H17ClN2O. The van der Waals surface area contributed by atoms with Gasteiger partial charge in [-0.05, 0) is 55.5 Å². The monoisotopic (exact) mass is 324 g/mol. The van der Waals surface area contributed by atoms with Crippen molar-refractivity contribution in [3.63, 3.8) is 0 Å². The Morgan fingerprint density at radius 2 is 1.83 bits per heavy atom. The minimum absolute atomic E-state index is 0.619. The Morgan fingerprint density at radius 3 is 2.61 bits per heavy atom. The van der Waals surface area contributed by atoms with Gasteiger partial charge in [0, 0.05) is 16.9 Å². The van der Waals surface area contributed by atoms with Gasteiger partial charge in [-0.3, -0.25) is 4.99 Å². The van der Waals surface area contributed by atoms with Crippen molar-refractivity contribution in [1.82, 2.24) is 4.57 Å². The summed E-state index contributed by atoms with van der Waals surface area (Å²) in [5.74, 6) is 0.788. The van der Waals surface area contributed by atoms with Gasteiger partial charge in [0.25, 0.3) is 0 Å². The average Bonchev–Trinajstić information content (AvgIpc) is 3.03. The van der Waals surface area contributed by atoms with E-state index >= 15 is 0 Å². The smallest absolute Gasteiger partial charge is 0.144 e. The molecule has 1 aromatic heterocycles. The highest BCUT2D eigenvalue weighted by Gasteiger charge is 2.03. The van der Waals surface area contributed by atoms with E-state index in [1.165, 1.54) is 0 Å². The van der Waals surface area contributed by atoms with Crippen molar-refractivity contribution < 1.29 is 4.74 Å². The molecule has 116 valence electrons. The fourth-order valence-corrected chi connectivity index (χ4v) is 2.44. The zero-order valence-electron chi connectivity index (χ0n) is 12.8. The zero-order valence-corrected chi connectivity index (χ0v) is 13.6. The van der Waals surface area contributed by atoms with Crippen LogP contribution in [0.1, 0.15) is 12.6 Å². The van der Waals surface area contributed by atoms with Crippen LogP contribution in [0.4, 0.5) is 5.69 Å². The third-order valence-electron chi connectivity index (χ3n) is 3.39. The van der Waals surface area contributed by atoms with Crippen LogP contribution in [0.15, 0.2) is 71.9 Å². The van der Waals surface area contributed by atoms with Gasteiger partial charge in [0.15, 0.2) is 0 Å². The lowest BCUT2D eigenvalue weighted by Crippen LogP contribution is -1.97. The second kappa shape index (κ2) is 7.16. The Labute approximate surface area is 140 Å². The van der Waals surface area contributed by atoms with Gasteiger partial charge in [0.1, 0.15) is 11.4 Å². The molecule has 0 saturated heterocycles. The van der Waals surface area contributed by atoms with Gasteiger partial charge in [-0.2, -0.15) is 0 Å². The first-order valence-electron chi connectivity index (χ1n) is 7.47. The second-order valence-corrected chi connectivity index (χ2v) is 5.37. The molecule has 0 saturated carbocycles. The van der Waals surface area contributed by atoms with E-state index in [2.05, 4.69) is 9.56 Å². The molecule has 1 heterocycles. The van der Waals surface area contributed by atoms with E-state index in [0.717, 1.165) is 27.8 Å². The Balaban J connectivity index is 1.90. The minimum Gasteiger partial charge on any atom is -0.492 e. The summed E-state index contributed by atoms with van der Waals surface area (Å²) in [6, 6.07) is 19.5.